The first-order valence-corrected chi connectivity index (χ1v) is 7.81. The molecule has 0 aliphatic rings. The molecule has 0 fully saturated rings. The maximum absolute atomic E-state index is 4.63. The Kier molecular flexibility index (Phi) is 3.63. The molecular weight excluding hydrogens is 300 g/mol. The summed E-state index contributed by atoms with van der Waals surface area (Å²) in [6.45, 7) is 2.87. The molecule has 4 aromatic rings. The maximum atomic E-state index is 4.63. The molecule has 4 rings (SSSR count). The molecule has 2 N–H and O–H groups in total. The molecule has 0 bridgehead atoms. The van der Waals surface area contributed by atoms with Gasteiger partial charge in [-0.05, 0) is 37.3 Å². The summed E-state index contributed by atoms with van der Waals surface area (Å²) in [5, 5.41) is 11.7. The van der Waals surface area contributed by atoms with E-state index in [1.807, 2.05) is 43.3 Å². The Bertz CT molecular complexity index is 977. The van der Waals surface area contributed by atoms with Crippen molar-refractivity contribution in [2.24, 2.45) is 0 Å². The van der Waals surface area contributed by atoms with Crippen molar-refractivity contribution in [3.8, 4) is 22.6 Å². The van der Waals surface area contributed by atoms with Crippen LogP contribution in [0.25, 0.3) is 33.5 Å². The van der Waals surface area contributed by atoms with E-state index in [2.05, 4.69) is 30.5 Å². The number of aromatic amines is 1. The van der Waals surface area contributed by atoms with Crippen LogP contribution in [-0.2, 0) is 0 Å². The second-order valence-electron chi connectivity index (χ2n) is 5.37. The number of hydrogen-bond donors (Lipinski definition) is 2. The Labute approximate surface area is 139 Å². The van der Waals surface area contributed by atoms with Crippen LogP contribution in [0.2, 0.25) is 0 Å². The summed E-state index contributed by atoms with van der Waals surface area (Å²) in [5.74, 6) is 0.840. The van der Waals surface area contributed by atoms with E-state index >= 15 is 0 Å². The summed E-state index contributed by atoms with van der Waals surface area (Å²) >= 11 is 0. The molecule has 6 heteroatoms. The van der Waals surface area contributed by atoms with E-state index in [0.717, 1.165) is 45.9 Å². The Balaban J connectivity index is 1.83. The Morgan fingerprint density at radius 2 is 2.04 bits per heavy atom. The number of pyridine rings is 3. The Hall–Kier alpha value is -3.28. The van der Waals surface area contributed by atoms with Crippen LogP contribution in [0.3, 0.4) is 0 Å². The van der Waals surface area contributed by atoms with Crippen LogP contribution in [0, 0.1) is 0 Å². The standard InChI is InChI=1S/C18H16N6/c1-2-20-17-7-3-6-14(22-17)18-13-9-15(12-5-4-8-19-10-12)21-11-16(13)23-24-18/h3-11H,2H2,1H3,(H,20,22)(H,23,24). The molecule has 0 aromatic carbocycles. The summed E-state index contributed by atoms with van der Waals surface area (Å²) < 4.78 is 0. The third-order valence-corrected chi connectivity index (χ3v) is 3.75. The van der Waals surface area contributed by atoms with Crippen molar-refractivity contribution in [2.45, 2.75) is 6.92 Å². The zero-order chi connectivity index (χ0) is 16.4. The van der Waals surface area contributed by atoms with Crippen LogP contribution in [-0.4, -0.2) is 31.7 Å². The van der Waals surface area contributed by atoms with E-state index in [4.69, 9.17) is 0 Å². The van der Waals surface area contributed by atoms with Crippen molar-refractivity contribution in [3.63, 3.8) is 0 Å². The van der Waals surface area contributed by atoms with Crippen molar-refractivity contribution >= 4 is 16.7 Å². The maximum Gasteiger partial charge on any atom is 0.126 e. The van der Waals surface area contributed by atoms with E-state index in [1.54, 1.807) is 18.6 Å². The number of nitrogens with zero attached hydrogens (tertiary/aromatic N) is 4. The van der Waals surface area contributed by atoms with Gasteiger partial charge in [0.25, 0.3) is 0 Å². The minimum atomic E-state index is 0.817. The highest BCUT2D eigenvalue weighted by Crippen LogP contribution is 2.28. The van der Waals surface area contributed by atoms with Gasteiger partial charge in [0.1, 0.15) is 11.5 Å². The minimum absolute atomic E-state index is 0.817. The number of hydrogen-bond acceptors (Lipinski definition) is 5. The zero-order valence-corrected chi connectivity index (χ0v) is 13.2. The second-order valence-corrected chi connectivity index (χ2v) is 5.37. The van der Waals surface area contributed by atoms with Gasteiger partial charge in [0.15, 0.2) is 0 Å². The minimum Gasteiger partial charge on any atom is -0.370 e. The number of anilines is 1. The van der Waals surface area contributed by atoms with Crippen molar-refractivity contribution in [3.05, 3.63) is 55.0 Å². The van der Waals surface area contributed by atoms with Gasteiger partial charge in [-0.3, -0.25) is 15.1 Å². The van der Waals surface area contributed by atoms with E-state index < -0.39 is 0 Å². The quantitative estimate of drug-likeness (QED) is 0.602. The summed E-state index contributed by atoms with van der Waals surface area (Å²) in [5.41, 5.74) is 4.36. The molecular formula is C18H16N6. The Morgan fingerprint density at radius 3 is 2.88 bits per heavy atom. The lowest BCUT2D eigenvalue weighted by Gasteiger charge is -2.04. The van der Waals surface area contributed by atoms with Gasteiger partial charge < -0.3 is 5.32 Å². The lowest BCUT2D eigenvalue weighted by atomic mass is 10.1. The molecule has 0 saturated heterocycles. The summed E-state index contributed by atoms with van der Waals surface area (Å²) in [6.07, 6.45) is 5.35. The van der Waals surface area contributed by atoms with Crippen LogP contribution in [0.5, 0.6) is 0 Å². The molecule has 0 unspecified atom stereocenters. The van der Waals surface area contributed by atoms with Crippen LogP contribution in [0.4, 0.5) is 5.82 Å². The van der Waals surface area contributed by atoms with Crippen LogP contribution in [0.15, 0.2) is 55.0 Å². The first-order chi connectivity index (χ1) is 11.8. The van der Waals surface area contributed by atoms with Crippen LogP contribution in [0.1, 0.15) is 6.92 Å². The molecule has 0 saturated carbocycles. The highest BCUT2D eigenvalue weighted by Gasteiger charge is 2.12. The number of fused-ring (bicyclic) bond motifs is 1. The zero-order valence-electron chi connectivity index (χ0n) is 13.2. The highest BCUT2D eigenvalue weighted by atomic mass is 15.1. The number of H-pyrrole nitrogens is 1. The molecule has 24 heavy (non-hydrogen) atoms. The van der Waals surface area contributed by atoms with E-state index in [-0.39, 0.29) is 0 Å². The molecule has 6 nitrogen and oxygen atoms in total. The molecule has 0 atom stereocenters. The topological polar surface area (TPSA) is 79.4 Å². The van der Waals surface area contributed by atoms with Crippen LogP contribution < -0.4 is 5.32 Å². The smallest absolute Gasteiger partial charge is 0.126 e. The molecule has 0 aliphatic heterocycles. The first kappa shape index (κ1) is 14.3. The Morgan fingerprint density at radius 1 is 1.08 bits per heavy atom. The fourth-order valence-corrected chi connectivity index (χ4v) is 2.63. The predicted molar refractivity (Wildman–Crippen MR) is 94.5 cm³/mol. The highest BCUT2D eigenvalue weighted by molar-refractivity contribution is 5.93. The fraction of sp³-hybridized carbons (Fsp3) is 0.111. The largest absolute Gasteiger partial charge is 0.370 e. The van der Waals surface area contributed by atoms with E-state index in [1.165, 1.54) is 0 Å². The van der Waals surface area contributed by atoms with Crippen molar-refractivity contribution in [1.82, 2.24) is 25.1 Å². The SMILES string of the molecule is CCNc1cccc(-c2n[nH]c3cnc(-c4cccnc4)cc23)n1. The van der Waals surface area contributed by atoms with Crippen molar-refractivity contribution in [2.75, 3.05) is 11.9 Å². The van der Waals surface area contributed by atoms with Crippen molar-refractivity contribution < 1.29 is 0 Å². The molecule has 118 valence electrons. The summed E-state index contributed by atoms with van der Waals surface area (Å²) in [4.78, 5) is 13.3. The predicted octanol–water partition coefficient (Wildman–Crippen LogP) is 3.51. The van der Waals surface area contributed by atoms with Gasteiger partial charge >= 0.3 is 0 Å². The summed E-state index contributed by atoms with van der Waals surface area (Å²) in [6, 6.07) is 11.8. The van der Waals surface area contributed by atoms with Gasteiger partial charge in [-0.2, -0.15) is 5.10 Å². The first-order valence-electron chi connectivity index (χ1n) is 7.81. The molecule has 0 spiro atoms. The van der Waals surface area contributed by atoms with Gasteiger partial charge in [0.2, 0.25) is 0 Å². The number of nitrogens with one attached hydrogen (secondary N) is 2. The van der Waals surface area contributed by atoms with E-state index in [0.29, 0.717) is 0 Å². The molecule has 0 amide bonds. The average molecular weight is 316 g/mol. The fourth-order valence-electron chi connectivity index (χ4n) is 2.63. The van der Waals surface area contributed by atoms with Gasteiger partial charge in [0.05, 0.1) is 23.1 Å². The molecule has 0 radical (unpaired) electrons. The average Bonchev–Trinajstić information content (AvgIpc) is 3.06. The normalized spacial score (nSPS) is 10.9. The van der Waals surface area contributed by atoms with Gasteiger partial charge in [-0.15, -0.1) is 0 Å². The lowest BCUT2D eigenvalue weighted by molar-refractivity contribution is 1.10. The van der Waals surface area contributed by atoms with Gasteiger partial charge in [-0.25, -0.2) is 4.98 Å². The third kappa shape index (κ3) is 2.58. The second kappa shape index (κ2) is 6.08. The third-order valence-electron chi connectivity index (χ3n) is 3.75. The van der Waals surface area contributed by atoms with Gasteiger partial charge in [-0.1, -0.05) is 6.07 Å². The molecule has 0 aliphatic carbocycles. The number of aromatic nitrogens is 5. The lowest BCUT2D eigenvalue weighted by Crippen LogP contribution is -1.99. The molecule has 4 heterocycles. The summed E-state index contributed by atoms with van der Waals surface area (Å²) in [7, 11) is 0. The number of rotatable bonds is 4. The van der Waals surface area contributed by atoms with E-state index in [9.17, 15) is 0 Å². The van der Waals surface area contributed by atoms with Crippen LogP contribution >= 0.6 is 0 Å². The van der Waals surface area contributed by atoms with Crippen molar-refractivity contribution in [1.29, 1.82) is 0 Å². The monoisotopic (exact) mass is 316 g/mol. The molecule has 4 aromatic heterocycles. The van der Waals surface area contributed by atoms with Gasteiger partial charge in [0, 0.05) is 29.9 Å².